The Morgan fingerprint density at radius 3 is 1.00 bits per heavy atom. The average Bonchev–Trinajstić information content (AvgIpc) is 1.37. The molecule has 0 spiro atoms. The number of fused-ring (bicyclic) bond motifs is 21. The van der Waals surface area contributed by atoms with Gasteiger partial charge in [0.15, 0.2) is 17.5 Å². The van der Waals surface area contributed by atoms with Gasteiger partial charge < -0.3 is 13.7 Å². The quantitative estimate of drug-likeness (QED) is 0.135. The van der Waals surface area contributed by atoms with E-state index in [2.05, 4.69) is 214 Å². The molecule has 7 heterocycles. The van der Waals surface area contributed by atoms with Gasteiger partial charge in [0.05, 0.1) is 70.4 Å². The molecule has 0 saturated heterocycles. The number of rotatable bonds is 9. The Balaban J connectivity index is 1.02. The van der Waals surface area contributed by atoms with Gasteiger partial charge in [-0.1, -0.05) is 242 Å². The van der Waals surface area contributed by atoms with Gasteiger partial charge in [0.25, 0.3) is 0 Å². The molecular weight excluding hydrogens is 1320 g/mol. The van der Waals surface area contributed by atoms with Crippen LogP contribution in [0.3, 0.4) is 0 Å². The first-order valence-corrected chi connectivity index (χ1v) is 36.5. The van der Waals surface area contributed by atoms with Crippen molar-refractivity contribution in [3.8, 4) is 84.6 Å². The van der Waals surface area contributed by atoms with E-state index in [1.54, 1.807) is 40.1 Å². The maximum atomic E-state index is 10.1. The van der Waals surface area contributed by atoms with Gasteiger partial charge in [-0.3, -0.25) is 0 Å². The van der Waals surface area contributed by atoms with Gasteiger partial charge in [-0.25, -0.2) is 19.8 Å². The highest BCUT2D eigenvalue weighted by molar-refractivity contribution is 7.27. The predicted octanol–water partition coefficient (Wildman–Crippen LogP) is 26.8. The lowest BCUT2D eigenvalue weighted by Crippen LogP contribution is -2.12. The van der Waals surface area contributed by atoms with E-state index in [0.717, 1.165) is 159 Å². The van der Waals surface area contributed by atoms with Crippen molar-refractivity contribution in [1.29, 1.82) is 0 Å². The zero-order valence-corrected chi connectivity index (χ0v) is 57.1. The van der Waals surface area contributed by atoms with Crippen LogP contribution in [0.15, 0.2) is 321 Å². The summed E-state index contributed by atoms with van der Waals surface area (Å²) in [7, 11) is 0. The zero-order valence-electron chi connectivity index (χ0n) is 64.7. The summed E-state index contributed by atoms with van der Waals surface area (Å²) in [5.74, 6) is -1.13. The van der Waals surface area contributed by atoms with Crippen molar-refractivity contribution in [2.45, 2.75) is 0 Å². The van der Waals surface area contributed by atoms with Crippen LogP contribution in [0.5, 0.6) is 0 Å². The summed E-state index contributed by atoms with van der Waals surface area (Å²) in [6.45, 7) is 10.1. The first kappa shape index (κ1) is 49.4. The van der Waals surface area contributed by atoms with Crippen LogP contribution in [0.4, 0.5) is 5.69 Å². The van der Waals surface area contributed by atoms with Crippen molar-refractivity contribution >= 4 is 166 Å². The van der Waals surface area contributed by atoms with E-state index in [9.17, 15) is 12.1 Å². The second-order valence-corrected chi connectivity index (χ2v) is 29.2. The van der Waals surface area contributed by atoms with E-state index >= 15 is 0 Å². The molecule has 0 unspecified atom stereocenters. The summed E-state index contributed by atoms with van der Waals surface area (Å²) in [4.78, 5) is 20.4. The topological polar surface area (TPSA) is 57.8 Å². The Kier molecular flexibility index (Phi) is 10.9. The van der Waals surface area contributed by atoms with Crippen molar-refractivity contribution in [1.82, 2.24) is 28.7 Å². The average molecular weight is 1390 g/mol. The van der Waals surface area contributed by atoms with Gasteiger partial charge in [0, 0.05) is 110 Å². The minimum absolute atomic E-state index is 0.109. The molecule has 22 aromatic rings. The third-order valence-corrected chi connectivity index (χ3v) is 24.1. The normalized spacial score (nSPS) is 13.4. The Bertz CT molecular complexity index is 7930. The molecule has 0 bridgehead atoms. The van der Waals surface area contributed by atoms with Crippen LogP contribution in [-0.4, -0.2) is 28.7 Å². The number of nitrogens with zero attached hydrogens (tertiary/aromatic N) is 7. The Hall–Kier alpha value is -13.1. The molecule has 0 fully saturated rings. The van der Waals surface area contributed by atoms with Crippen LogP contribution in [0.25, 0.3) is 215 Å². The van der Waals surface area contributed by atoms with Crippen molar-refractivity contribution in [3.05, 3.63) is 333 Å². The lowest BCUT2D eigenvalue weighted by molar-refractivity contribution is 1.04. The van der Waals surface area contributed by atoms with Crippen LogP contribution in [0, 0.1) is 6.57 Å². The number of aromatic nitrogens is 6. The first-order valence-electron chi connectivity index (χ1n) is 39.0. The summed E-state index contributed by atoms with van der Waals surface area (Å²) in [5, 5.41) is 12.0. The summed E-state index contributed by atoms with van der Waals surface area (Å²) < 4.78 is 106. The van der Waals surface area contributed by atoms with Crippen LogP contribution in [-0.2, 0) is 0 Å². The fourth-order valence-electron chi connectivity index (χ4n) is 16.0. The van der Waals surface area contributed by atoms with Crippen LogP contribution >= 0.6 is 34.0 Å². The number of thiophene rings is 3. The molecule has 7 aromatic heterocycles. The van der Waals surface area contributed by atoms with Gasteiger partial charge in [-0.2, -0.15) is 0 Å². The van der Waals surface area contributed by atoms with E-state index < -0.39 is 83.2 Å². The number of hydrogen-bond acceptors (Lipinski definition) is 6. The van der Waals surface area contributed by atoms with Gasteiger partial charge in [-0.15, -0.1) is 34.0 Å². The van der Waals surface area contributed by atoms with E-state index in [4.69, 9.17) is 28.0 Å². The third kappa shape index (κ3) is 8.76. The molecule has 15 aromatic carbocycles. The smallest absolute Gasteiger partial charge is 0.213 e. The fourth-order valence-corrected chi connectivity index (χ4v) is 19.8. The SMILES string of the molecule is [2H]c1c([2H])c([2H])c(-c2nc(-c3cc([N+]#[C-])c(-n4c5ccc(-c6ccccc6)cc5c5c6sc7ccccc7c6ccc54)c(-n4c5ccc(-c6ccccc6)cc5c5c6sc7ccccc7c6ccc54)c3-n3c4ccc(-c5ccccc5)cc4c4c5sc6ccccc6c5ccc43)nc(-c3c([2H])c([2H])c([2H])c([2H])c3[2H])n2)c([2H])c1[2H]. The highest BCUT2D eigenvalue weighted by atomic mass is 32.1. The third-order valence-electron chi connectivity index (χ3n) is 20.5. The molecule has 0 amide bonds. The molecule has 0 N–H and O–H groups in total. The Labute approximate surface area is 621 Å². The molecule has 0 aliphatic heterocycles. The van der Waals surface area contributed by atoms with E-state index in [-0.39, 0.29) is 17.1 Å². The standard InChI is InChI=1S/C94H53N7S3/c1-95-73-54-72(94-97-92(58-29-13-5-14-30-58)96-93(98-94)59-31-15-6-16-32-59)86(99-74-45-39-60(55-23-7-2-8-24-55)51-69(74)83-77(99)48-42-66-63-33-17-20-36-80(63)102-89(66)83)88(101-76-47-41-62(57-27-11-4-12-28-57)53-71(76)85-79(101)50-44-68-65-35-19-22-38-82(65)104-91(68)85)87(73)100-75-46-40-61(56-25-9-3-10-26-56)52-70(75)84-78(100)49-43-67-64-34-18-21-37-81(64)103-90(67)84/h2-54H/i5D,6D,13D,14D,15D,16D,29D,30D,31D,32D. The van der Waals surface area contributed by atoms with Crippen molar-refractivity contribution in [2.24, 2.45) is 0 Å². The molecule has 482 valence electrons. The highest BCUT2D eigenvalue weighted by Gasteiger charge is 2.34. The van der Waals surface area contributed by atoms with E-state index in [1.807, 2.05) is 54.6 Å². The van der Waals surface area contributed by atoms with Gasteiger partial charge in [-0.05, 0) is 112 Å². The minimum atomic E-state index is -0.683. The Morgan fingerprint density at radius 1 is 0.279 bits per heavy atom. The van der Waals surface area contributed by atoms with Crippen molar-refractivity contribution in [2.75, 3.05) is 0 Å². The maximum Gasteiger partial charge on any atom is 0.213 e. The first-order chi connectivity index (χ1) is 55.7. The number of benzene rings is 15. The van der Waals surface area contributed by atoms with Crippen LogP contribution in [0.2, 0.25) is 0 Å². The summed E-state index contributed by atoms with van der Waals surface area (Å²) >= 11 is 5.13. The summed E-state index contributed by atoms with van der Waals surface area (Å²) in [5.41, 5.74) is 11.3. The lowest BCUT2D eigenvalue weighted by atomic mass is 10.0. The van der Waals surface area contributed by atoms with Crippen LogP contribution in [0.1, 0.15) is 13.7 Å². The largest absolute Gasteiger partial charge is 0.317 e. The van der Waals surface area contributed by atoms with E-state index in [0.29, 0.717) is 17.1 Å². The minimum Gasteiger partial charge on any atom is -0.317 e. The molecular formula is C94H53N7S3. The monoisotopic (exact) mass is 1390 g/mol. The molecule has 104 heavy (non-hydrogen) atoms. The highest BCUT2D eigenvalue weighted by Crippen LogP contribution is 2.55. The lowest BCUT2D eigenvalue weighted by Gasteiger charge is -2.26. The molecule has 22 rings (SSSR count). The van der Waals surface area contributed by atoms with Crippen molar-refractivity contribution < 1.29 is 13.7 Å². The molecule has 0 aliphatic rings. The Morgan fingerprint density at radius 2 is 0.615 bits per heavy atom. The number of hydrogen-bond donors (Lipinski definition) is 0. The molecule has 0 radical (unpaired) electrons. The van der Waals surface area contributed by atoms with Crippen LogP contribution < -0.4 is 0 Å². The molecule has 0 saturated carbocycles. The molecule has 7 nitrogen and oxygen atoms in total. The molecule has 0 atom stereocenters. The van der Waals surface area contributed by atoms with E-state index in [1.165, 1.54) is 0 Å². The fraction of sp³-hybridized carbons (Fsp3) is 0. The zero-order chi connectivity index (χ0) is 77.0. The summed E-state index contributed by atoms with van der Waals surface area (Å²) in [6, 6.07) is 84.1. The van der Waals surface area contributed by atoms with Gasteiger partial charge in [0.1, 0.15) is 0 Å². The predicted molar refractivity (Wildman–Crippen MR) is 440 cm³/mol. The molecule has 0 aliphatic carbocycles. The van der Waals surface area contributed by atoms with Gasteiger partial charge in [0.2, 0.25) is 5.69 Å². The van der Waals surface area contributed by atoms with Gasteiger partial charge >= 0.3 is 0 Å². The maximum absolute atomic E-state index is 10.1. The second kappa shape index (κ2) is 22.9. The summed E-state index contributed by atoms with van der Waals surface area (Å²) in [6.07, 6.45) is 0. The van der Waals surface area contributed by atoms with Crippen molar-refractivity contribution in [3.63, 3.8) is 0 Å². The molecule has 10 heteroatoms. The second-order valence-electron chi connectivity index (χ2n) is 26.0.